The van der Waals surface area contributed by atoms with E-state index in [1.54, 1.807) is 6.07 Å². The first-order chi connectivity index (χ1) is 9.20. The monoisotopic (exact) mass is 260 g/mol. The van der Waals surface area contributed by atoms with E-state index >= 15 is 0 Å². The topological polar surface area (TPSA) is 45.5 Å². The van der Waals surface area contributed by atoms with Gasteiger partial charge in [-0.3, -0.25) is 4.79 Å². The molecule has 1 N–H and O–H groups in total. The Morgan fingerprint density at radius 1 is 1.37 bits per heavy atom. The van der Waals surface area contributed by atoms with E-state index in [9.17, 15) is 9.90 Å². The van der Waals surface area contributed by atoms with Crippen molar-refractivity contribution in [2.24, 2.45) is 17.8 Å². The Labute approximate surface area is 112 Å². The number of pyridine rings is 1. The fraction of sp³-hybridized carbons (Fsp3) is 0.667. The van der Waals surface area contributed by atoms with Crippen molar-refractivity contribution in [3.05, 3.63) is 34.2 Å². The van der Waals surface area contributed by atoms with Crippen LogP contribution in [0.3, 0.4) is 0 Å². The van der Waals surface area contributed by atoms with Crippen molar-refractivity contribution in [1.82, 2.24) is 9.47 Å². The van der Waals surface area contributed by atoms with Crippen molar-refractivity contribution in [1.29, 1.82) is 0 Å². The number of rotatable bonds is 1. The van der Waals surface area contributed by atoms with Crippen LogP contribution < -0.4 is 5.56 Å². The van der Waals surface area contributed by atoms with Crippen LogP contribution in [0.2, 0.25) is 0 Å². The van der Waals surface area contributed by atoms with E-state index in [1.165, 1.54) is 5.69 Å². The molecule has 3 aliphatic rings. The number of aliphatic hydroxyl groups is 1. The molecule has 102 valence electrons. The largest absolute Gasteiger partial charge is 0.396 e. The summed E-state index contributed by atoms with van der Waals surface area (Å²) in [7, 11) is 2.19. The summed E-state index contributed by atoms with van der Waals surface area (Å²) >= 11 is 0. The Kier molecular flexibility index (Phi) is 2.42. The summed E-state index contributed by atoms with van der Waals surface area (Å²) in [6.07, 6.45) is 1.08. The number of piperidine rings is 1. The smallest absolute Gasteiger partial charge is 0.250 e. The van der Waals surface area contributed by atoms with Crippen LogP contribution in [0, 0.1) is 17.8 Å². The summed E-state index contributed by atoms with van der Waals surface area (Å²) in [6.45, 7) is 2.15. The fourth-order valence-corrected chi connectivity index (χ4v) is 4.95. The summed E-state index contributed by atoms with van der Waals surface area (Å²) in [4.78, 5) is 14.5. The van der Waals surface area contributed by atoms with Crippen molar-refractivity contribution in [2.75, 3.05) is 20.2 Å². The zero-order valence-corrected chi connectivity index (χ0v) is 11.2. The number of fused-ring (bicyclic) bond motifs is 2. The summed E-state index contributed by atoms with van der Waals surface area (Å²) in [6, 6.07) is 6.19. The predicted octanol–water partition coefficient (Wildman–Crippen LogP) is 0.504. The third-order valence-electron chi connectivity index (χ3n) is 5.68. The van der Waals surface area contributed by atoms with E-state index in [0.29, 0.717) is 36.3 Å². The highest BCUT2D eigenvalue weighted by Crippen LogP contribution is 2.53. The molecule has 1 aliphatic carbocycles. The minimum absolute atomic E-state index is 0.136. The number of nitrogens with zero attached hydrogens (tertiary/aromatic N) is 2. The SMILES string of the molecule is CN1C[C@@H]2c3cccc(=O)n3C[C@H]3C2C(CO)CC31. The summed E-state index contributed by atoms with van der Waals surface area (Å²) in [5, 5.41) is 9.67. The first-order valence-electron chi connectivity index (χ1n) is 7.21. The number of hydrogen-bond acceptors (Lipinski definition) is 3. The van der Waals surface area contributed by atoms with Crippen LogP contribution in [-0.4, -0.2) is 40.8 Å². The first-order valence-corrected chi connectivity index (χ1v) is 7.21. The van der Waals surface area contributed by atoms with Gasteiger partial charge in [-0.1, -0.05) is 6.07 Å². The predicted molar refractivity (Wildman–Crippen MR) is 72.0 cm³/mol. The minimum atomic E-state index is 0.136. The molecule has 2 aliphatic heterocycles. The molecule has 0 amide bonds. The minimum Gasteiger partial charge on any atom is -0.396 e. The average Bonchev–Trinajstić information content (AvgIpc) is 2.70. The Morgan fingerprint density at radius 2 is 2.21 bits per heavy atom. The lowest BCUT2D eigenvalue weighted by atomic mass is 9.71. The lowest BCUT2D eigenvalue weighted by Crippen LogP contribution is -2.52. The maximum atomic E-state index is 12.1. The molecule has 4 heteroatoms. The van der Waals surface area contributed by atoms with Crippen LogP contribution in [0.4, 0.5) is 0 Å². The second-order valence-electron chi connectivity index (χ2n) is 6.43. The third-order valence-corrected chi connectivity index (χ3v) is 5.68. The molecule has 1 saturated carbocycles. The van der Waals surface area contributed by atoms with Crippen LogP contribution in [0.15, 0.2) is 23.0 Å². The molecule has 3 heterocycles. The number of likely N-dealkylation sites (N-methyl/N-ethyl adjacent to an activating group) is 1. The Balaban J connectivity index is 1.87. The molecule has 0 radical (unpaired) electrons. The number of aromatic nitrogens is 1. The van der Waals surface area contributed by atoms with E-state index in [1.807, 2.05) is 10.6 Å². The molecule has 19 heavy (non-hydrogen) atoms. The van der Waals surface area contributed by atoms with E-state index in [4.69, 9.17) is 0 Å². The molecule has 4 nitrogen and oxygen atoms in total. The maximum absolute atomic E-state index is 12.1. The third kappa shape index (κ3) is 1.44. The lowest BCUT2D eigenvalue weighted by Gasteiger charge is -2.47. The zero-order valence-electron chi connectivity index (χ0n) is 11.2. The van der Waals surface area contributed by atoms with Gasteiger partial charge in [0.25, 0.3) is 5.56 Å². The van der Waals surface area contributed by atoms with Crippen LogP contribution >= 0.6 is 0 Å². The lowest BCUT2D eigenvalue weighted by molar-refractivity contribution is 0.0514. The molecular weight excluding hydrogens is 240 g/mol. The van der Waals surface area contributed by atoms with Gasteiger partial charge in [-0.15, -0.1) is 0 Å². The van der Waals surface area contributed by atoms with Crippen molar-refractivity contribution in [3.8, 4) is 0 Å². The summed E-state index contributed by atoms with van der Waals surface area (Å²) in [5.74, 6) is 1.92. The normalized spacial score (nSPS) is 40.2. The van der Waals surface area contributed by atoms with Gasteiger partial charge in [0.1, 0.15) is 0 Å². The van der Waals surface area contributed by atoms with Crippen LogP contribution in [0.1, 0.15) is 18.0 Å². The van der Waals surface area contributed by atoms with Crippen molar-refractivity contribution in [2.45, 2.75) is 24.9 Å². The number of hydrogen-bond donors (Lipinski definition) is 1. The van der Waals surface area contributed by atoms with Gasteiger partial charge < -0.3 is 14.6 Å². The van der Waals surface area contributed by atoms with Crippen LogP contribution in [0.25, 0.3) is 0 Å². The van der Waals surface area contributed by atoms with Gasteiger partial charge in [0.2, 0.25) is 0 Å². The molecular formula is C15H20N2O2. The van der Waals surface area contributed by atoms with Gasteiger partial charge in [-0.25, -0.2) is 0 Å². The fourth-order valence-electron chi connectivity index (χ4n) is 4.95. The molecule has 4 rings (SSSR count). The van der Waals surface area contributed by atoms with Crippen LogP contribution in [0.5, 0.6) is 0 Å². The molecule has 3 unspecified atom stereocenters. The van der Waals surface area contributed by atoms with Crippen molar-refractivity contribution < 1.29 is 5.11 Å². The summed E-state index contributed by atoms with van der Waals surface area (Å²) < 4.78 is 1.98. The van der Waals surface area contributed by atoms with Gasteiger partial charge in [0.15, 0.2) is 0 Å². The molecule has 1 aromatic heterocycles. The van der Waals surface area contributed by atoms with Gasteiger partial charge in [0.05, 0.1) is 0 Å². The molecule has 4 bridgehead atoms. The average molecular weight is 260 g/mol. The standard InChI is InChI=1S/C15H20N2O2/c1-16-6-10-12-3-2-4-14(19)17(12)7-11-13(16)5-9(8-18)15(10)11/h2-4,9-11,13,15,18H,5-8H2,1H3/t9?,10-,11-,13?,15?/m1/s1. The molecule has 0 spiro atoms. The molecule has 1 aromatic rings. The number of aliphatic hydroxyl groups excluding tert-OH is 1. The molecule has 2 fully saturated rings. The highest BCUT2D eigenvalue weighted by Gasteiger charge is 2.54. The van der Waals surface area contributed by atoms with Gasteiger partial charge >= 0.3 is 0 Å². The Hall–Kier alpha value is -1.13. The second-order valence-corrected chi connectivity index (χ2v) is 6.43. The van der Waals surface area contributed by atoms with E-state index in [0.717, 1.165) is 19.5 Å². The molecule has 1 saturated heterocycles. The van der Waals surface area contributed by atoms with Gasteiger partial charge in [0, 0.05) is 43.4 Å². The zero-order chi connectivity index (χ0) is 13.1. The van der Waals surface area contributed by atoms with Crippen molar-refractivity contribution in [3.63, 3.8) is 0 Å². The van der Waals surface area contributed by atoms with Crippen molar-refractivity contribution >= 4 is 0 Å². The first kappa shape index (κ1) is 11.7. The second kappa shape index (κ2) is 3.93. The van der Waals surface area contributed by atoms with E-state index in [-0.39, 0.29) is 5.56 Å². The molecule has 5 atom stereocenters. The number of likely N-dealkylation sites (tertiary alicyclic amines) is 1. The van der Waals surface area contributed by atoms with Crippen LogP contribution in [-0.2, 0) is 6.54 Å². The quantitative estimate of drug-likeness (QED) is 0.800. The van der Waals surface area contributed by atoms with E-state index < -0.39 is 0 Å². The highest BCUT2D eigenvalue weighted by molar-refractivity contribution is 5.22. The highest BCUT2D eigenvalue weighted by atomic mass is 16.3. The Morgan fingerprint density at radius 3 is 3.00 bits per heavy atom. The Bertz CT molecular complexity index is 568. The summed E-state index contributed by atoms with van der Waals surface area (Å²) in [5.41, 5.74) is 1.32. The van der Waals surface area contributed by atoms with E-state index in [2.05, 4.69) is 18.0 Å². The maximum Gasteiger partial charge on any atom is 0.250 e. The van der Waals surface area contributed by atoms with Gasteiger partial charge in [-0.05, 0) is 37.3 Å². The molecule has 0 aromatic carbocycles. The van der Waals surface area contributed by atoms with Gasteiger partial charge in [-0.2, -0.15) is 0 Å².